The van der Waals surface area contributed by atoms with Crippen LogP contribution in [0, 0.1) is 0 Å². The summed E-state index contributed by atoms with van der Waals surface area (Å²) in [7, 11) is -2.16. The first-order chi connectivity index (χ1) is 8.71. The van der Waals surface area contributed by atoms with E-state index in [1.807, 2.05) is 13.8 Å². The summed E-state index contributed by atoms with van der Waals surface area (Å²) in [5.41, 5.74) is 11.0. The Morgan fingerprint density at radius 3 is 2.42 bits per heavy atom. The molecule has 0 aliphatic rings. The molecule has 106 valence electrons. The second-order valence-electron chi connectivity index (χ2n) is 4.40. The fraction of sp³-hybridized carbons (Fsp3) is 0.417. The molecule has 0 spiro atoms. The van der Waals surface area contributed by atoms with Gasteiger partial charge in [-0.2, -0.15) is 4.31 Å². The molecule has 0 fully saturated rings. The SMILES string of the molecule is CCC(C)N(C)S(=O)(=O)c1ccc(C(N)=O)cc1N. The molecule has 0 aliphatic heterocycles. The highest BCUT2D eigenvalue weighted by Gasteiger charge is 2.26. The average Bonchev–Trinajstić information content (AvgIpc) is 2.36. The van der Waals surface area contributed by atoms with Crippen molar-refractivity contribution < 1.29 is 13.2 Å². The Morgan fingerprint density at radius 1 is 1.42 bits per heavy atom. The first-order valence-corrected chi connectivity index (χ1v) is 7.33. The highest BCUT2D eigenvalue weighted by molar-refractivity contribution is 7.89. The van der Waals surface area contributed by atoms with Crippen LogP contribution in [0.4, 0.5) is 5.69 Å². The van der Waals surface area contributed by atoms with E-state index < -0.39 is 15.9 Å². The summed E-state index contributed by atoms with van der Waals surface area (Å²) in [5.74, 6) is -0.647. The molecule has 19 heavy (non-hydrogen) atoms. The zero-order valence-electron chi connectivity index (χ0n) is 11.3. The number of benzene rings is 1. The van der Waals surface area contributed by atoms with Crippen molar-refractivity contribution in [3.8, 4) is 0 Å². The van der Waals surface area contributed by atoms with E-state index >= 15 is 0 Å². The molecule has 0 aromatic heterocycles. The molecule has 0 bridgehead atoms. The lowest BCUT2D eigenvalue weighted by Gasteiger charge is -2.23. The van der Waals surface area contributed by atoms with Gasteiger partial charge in [0.15, 0.2) is 0 Å². The van der Waals surface area contributed by atoms with Crippen LogP contribution in [0.5, 0.6) is 0 Å². The summed E-state index contributed by atoms with van der Waals surface area (Å²) in [6.07, 6.45) is 0.689. The number of amides is 1. The molecule has 1 aromatic carbocycles. The van der Waals surface area contributed by atoms with Crippen LogP contribution in [-0.4, -0.2) is 31.7 Å². The van der Waals surface area contributed by atoms with Gasteiger partial charge in [-0.3, -0.25) is 4.79 Å². The Kier molecular flexibility index (Phi) is 4.54. The molecule has 6 nitrogen and oxygen atoms in total. The molecule has 0 aliphatic carbocycles. The van der Waals surface area contributed by atoms with Crippen LogP contribution in [-0.2, 0) is 10.0 Å². The van der Waals surface area contributed by atoms with E-state index in [1.54, 1.807) is 0 Å². The van der Waals surface area contributed by atoms with Gasteiger partial charge < -0.3 is 11.5 Å². The fourth-order valence-corrected chi connectivity index (χ4v) is 3.12. The van der Waals surface area contributed by atoms with Crippen molar-refractivity contribution >= 4 is 21.6 Å². The number of primary amides is 1. The molecule has 1 aromatic rings. The Hall–Kier alpha value is -1.60. The van der Waals surface area contributed by atoms with Gasteiger partial charge in [-0.1, -0.05) is 6.92 Å². The van der Waals surface area contributed by atoms with Crippen molar-refractivity contribution in [1.82, 2.24) is 4.31 Å². The van der Waals surface area contributed by atoms with Gasteiger partial charge in [-0.15, -0.1) is 0 Å². The second kappa shape index (κ2) is 5.58. The summed E-state index contributed by atoms with van der Waals surface area (Å²) in [5, 5.41) is 0. The number of sulfonamides is 1. The lowest BCUT2D eigenvalue weighted by molar-refractivity contribution is 0.1000. The molecule has 1 atom stereocenters. The summed E-state index contributed by atoms with van der Waals surface area (Å²) < 4.78 is 26.0. The van der Waals surface area contributed by atoms with E-state index in [1.165, 1.54) is 29.6 Å². The average molecular weight is 285 g/mol. The summed E-state index contributed by atoms with van der Waals surface area (Å²) in [4.78, 5) is 11.0. The van der Waals surface area contributed by atoms with E-state index in [2.05, 4.69) is 0 Å². The number of carbonyl (C=O) groups excluding carboxylic acids is 1. The first-order valence-electron chi connectivity index (χ1n) is 5.89. The van der Waals surface area contributed by atoms with Crippen LogP contribution in [0.25, 0.3) is 0 Å². The van der Waals surface area contributed by atoms with Crippen LogP contribution < -0.4 is 11.5 Å². The van der Waals surface area contributed by atoms with Gasteiger partial charge in [-0.25, -0.2) is 8.42 Å². The normalized spacial score (nSPS) is 13.5. The van der Waals surface area contributed by atoms with Gasteiger partial charge in [0.2, 0.25) is 15.9 Å². The number of rotatable bonds is 5. The molecule has 1 rings (SSSR count). The number of nitrogens with two attached hydrogens (primary N) is 2. The zero-order chi connectivity index (χ0) is 14.8. The quantitative estimate of drug-likeness (QED) is 0.780. The predicted molar refractivity (Wildman–Crippen MR) is 74.1 cm³/mol. The number of anilines is 1. The van der Waals surface area contributed by atoms with Crippen molar-refractivity contribution in [2.45, 2.75) is 31.2 Å². The maximum Gasteiger partial charge on any atom is 0.248 e. The Balaban J connectivity index is 3.27. The van der Waals surface area contributed by atoms with Crippen LogP contribution in [0.3, 0.4) is 0 Å². The zero-order valence-corrected chi connectivity index (χ0v) is 12.1. The molecule has 0 heterocycles. The molecule has 0 radical (unpaired) electrons. The minimum absolute atomic E-state index is 0.0136. The molecule has 4 N–H and O–H groups in total. The minimum atomic E-state index is -3.67. The fourth-order valence-electron chi connectivity index (χ4n) is 1.59. The van der Waals surface area contributed by atoms with Gasteiger partial charge >= 0.3 is 0 Å². The van der Waals surface area contributed by atoms with Gasteiger partial charge in [0.25, 0.3) is 0 Å². The van der Waals surface area contributed by atoms with Crippen molar-refractivity contribution in [1.29, 1.82) is 0 Å². The third-order valence-corrected chi connectivity index (χ3v) is 5.21. The lowest BCUT2D eigenvalue weighted by atomic mass is 10.2. The number of hydrogen-bond donors (Lipinski definition) is 2. The first kappa shape index (κ1) is 15.5. The largest absolute Gasteiger partial charge is 0.398 e. The van der Waals surface area contributed by atoms with Crippen molar-refractivity contribution in [3.63, 3.8) is 0 Å². The smallest absolute Gasteiger partial charge is 0.248 e. The Labute approximate surface area is 113 Å². The maximum absolute atomic E-state index is 12.4. The summed E-state index contributed by atoms with van der Waals surface area (Å²) in [6, 6.07) is 3.81. The van der Waals surface area contributed by atoms with Crippen LogP contribution in [0.1, 0.15) is 30.6 Å². The van der Waals surface area contributed by atoms with E-state index in [0.29, 0.717) is 6.42 Å². The molecule has 0 saturated carbocycles. The lowest BCUT2D eigenvalue weighted by Crippen LogP contribution is -2.35. The van der Waals surface area contributed by atoms with Gasteiger partial charge in [0.1, 0.15) is 4.90 Å². The number of nitrogens with zero attached hydrogens (tertiary/aromatic N) is 1. The standard InChI is InChI=1S/C12H19N3O3S/c1-4-8(2)15(3)19(17,18)11-6-5-9(12(14)16)7-10(11)13/h5-8H,4,13H2,1-3H3,(H2,14,16). The van der Waals surface area contributed by atoms with Crippen molar-refractivity contribution in [2.24, 2.45) is 5.73 Å². The third kappa shape index (κ3) is 3.05. The van der Waals surface area contributed by atoms with Crippen LogP contribution >= 0.6 is 0 Å². The Bertz CT molecular complexity index is 584. The number of hydrogen-bond acceptors (Lipinski definition) is 4. The topological polar surface area (TPSA) is 106 Å². The highest BCUT2D eigenvalue weighted by Crippen LogP contribution is 2.24. The molecule has 0 saturated heterocycles. The minimum Gasteiger partial charge on any atom is -0.398 e. The third-order valence-electron chi connectivity index (χ3n) is 3.16. The van der Waals surface area contributed by atoms with Crippen molar-refractivity contribution in [2.75, 3.05) is 12.8 Å². The van der Waals surface area contributed by atoms with Gasteiger partial charge in [0.05, 0.1) is 5.69 Å². The predicted octanol–water partition coefficient (Wildman–Crippen LogP) is 0.787. The van der Waals surface area contributed by atoms with Crippen molar-refractivity contribution in [3.05, 3.63) is 23.8 Å². The van der Waals surface area contributed by atoms with E-state index in [-0.39, 0.29) is 22.2 Å². The summed E-state index contributed by atoms with van der Waals surface area (Å²) in [6.45, 7) is 3.71. The van der Waals surface area contributed by atoms with E-state index in [4.69, 9.17) is 11.5 Å². The van der Waals surface area contributed by atoms with Gasteiger partial charge in [0, 0.05) is 18.7 Å². The molecular formula is C12H19N3O3S. The molecule has 7 heteroatoms. The number of nitrogen functional groups attached to an aromatic ring is 1. The molecular weight excluding hydrogens is 266 g/mol. The van der Waals surface area contributed by atoms with Crippen LogP contribution in [0.15, 0.2) is 23.1 Å². The number of carbonyl (C=O) groups is 1. The van der Waals surface area contributed by atoms with Gasteiger partial charge in [-0.05, 0) is 31.5 Å². The molecule has 1 amide bonds. The van der Waals surface area contributed by atoms with E-state index in [9.17, 15) is 13.2 Å². The monoisotopic (exact) mass is 285 g/mol. The Morgan fingerprint density at radius 2 is 2.00 bits per heavy atom. The maximum atomic E-state index is 12.4. The highest BCUT2D eigenvalue weighted by atomic mass is 32.2. The van der Waals surface area contributed by atoms with E-state index in [0.717, 1.165) is 0 Å². The molecule has 1 unspecified atom stereocenters. The summed E-state index contributed by atoms with van der Waals surface area (Å²) >= 11 is 0. The second-order valence-corrected chi connectivity index (χ2v) is 6.36. The van der Waals surface area contributed by atoms with Crippen LogP contribution in [0.2, 0.25) is 0 Å².